The molecule has 0 atom stereocenters. The number of allylic oxidation sites excluding steroid dienone is 4. The zero-order valence-electron chi connectivity index (χ0n) is 23.8. The first-order valence-electron chi connectivity index (χ1n) is 13.9. The van der Waals surface area contributed by atoms with Gasteiger partial charge in [-0.1, -0.05) is 160 Å². The minimum Gasteiger partial charge on any atom is -0.793 e. The van der Waals surface area contributed by atoms with Gasteiger partial charge in [-0.3, -0.25) is 0 Å². The standard InChI is InChI=1S/2C17H15P.C3H8S2.Fe.Pt/c2*1-3-9-15(10-4-1)18(17-13-7-8-14-17)16-11-5-2-6-12-16;4-2-1-3-5;;/h2*1-14,18H;4-5H,1-3H2;;/q;-4;;;+2/p-2. The first-order valence-corrected chi connectivity index (χ1v) is 18.0. The van der Waals surface area contributed by atoms with Crippen molar-refractivity contribution in [2.24, 2.45) is 0 Å². The zero-order chi connectivity index (χ0) is 28.5. The van der Waals surface area contributed by atoms with Gasteiger partial charge in [0.25, 0.3) is 0 Å². The normalized spacial score (nSPS) is 13.0. The molecule has 43 heavy (non-hydrogen) atoms. The molecular formula is C37H36FeP2PtS2-4. The summed E-state index contributed by atoms with van der Waals surface area (Å²) in [6.07, 6.45) is 18.5. The summed E-state index contributed by atoms with van der Waals surface area (Å²) in [5, 5.41) is 8.69. The minimum atomic E-state index is -0.834. The zero-order valence-corrected chi connectivity index (χ0v) is 30.8. The summed E-state index contributed by atoms with van der Waals surface area (Å²) < 4.78 is 0. The molecule has 1 fully saturated rings. The van der Waals surface area contributed by atoms with Crippen LogP contribution in [0.15, 0.2) is 146 Å². The van der Waals surface area contributed by atoms with Crippen molar-refractivity contribution in [3.05, 3.63) is 171 Å². The van der Waals surface area contributed by atoms with Gasteiger partial charge in [0.15, 0.2) is 0 Å². The van der Waals surface area contributed by atoms with Crippen LogP contribution in [0.5, 0.6) is 0 Å². The average molecular weight is 858 g/mol. The van der Waals surface area contributed by atoms with Crippen LogP contribution in [0.4, 0.5) is 0 Å². The predicted octanol–water partition coefficient (Wildman–Crippen LogP) is 6.47. The van der Waals surface area contributed by atoms with E-state index in [-0.39, 0.29) is 38.1 Å². The molecule has 2 aliphatic rings. The molecule has 0 aromatic heterocycles. The molecule has 0 unspecified atom stereocenters. The van der Waals surface area contributed by atoms with Crippen LogP contribution in [0.25, 0.3) is 0 Å². The summed E-state index contributed by atoms with van der Waals surface area (Å²) in [6.45, 7) is 0. The Morgan fingerprint density at radius 1 is 0.488 bits per heavy atom. The molecule has 0 N–H and O–H groups in total. The average Bonchev–Trinajstić information content (AvgIpc) is 3.77. The third-order valence-corrected chi connectivity index (χ3v) is 12.5. The molecule has 228 valence electrons. The van der Waals surface area contributed by atoms with Crippen molar-refractivity contribution >= 4 is 72.2 Å². The Morgan fingerprint density at radius 2 is 0.814 bits per heavy atom. The number of benzene rings is 4. The maximum absolute atomic E-state index is 4.58. The molecule has 1 saturated carbocycles. The first-order chi connectivity index (χ1) is 20.3. The molecule has 0 aliphatic heterocycles. The third-order valence-electron chi connectivity index (χ3n) is 6.44. The molecule has 0 heterocycles. The number of hydrogen-bond donors (Lipinski definition) is 0. The summed E-state index contributed by atoms with van der Waals surface area (Å²) in [5.74, 6) is 1.65. The van der Waals surface area contributed by atoms with Crippen LogP contribution >= 0.6 is 15.1 Å². The quantitative estimate of drug-likeness (QED) is 0.0946. The van der Waals surface area contributed by atoms with Gasteiger partial charge in [-0.25, -0.2) is 0 Å². The van der Waals surface area contributed by atoms with Gasteiger partial charge in [-0.2, -0.15) is 11.5 Å². The van der Waals surface area contributed by atoms with Gasteiger partial charge < -0.3 is 56.2 Å². The molecular weight excluding hydrogens is 821 g/mol. The molecule has 0 radical (unpaired) electrons. The molecule has 4 aromatic rings. The fourth-order valence-electron chi connectivity index (χ4n) is 4.56. The Hall–Kier alpha value is -1.13. The fraction of sp³-hybridized carbons (Fsp3) is 0.0811. The van der Waals surface area contributed by atoms with E-state index in [0.29, 0.717) is 0 Å². The topological polar surface area (TPSA) is 0 Å². The summed E-state index contributed by atoms with van der Waals surface area (Å²) in [6, 6.07) is 43.3. The van der Waals surface area contributed by atoms with E-state index in [1.54, 1.807) is 0 Å². The van der Waals surface area contributed by atoms with Crippen LogP contribution in [0, 0.1) is 25.7 Å². The first kappa shape index (κ1) is 38.1. The number of hydrogen-bond acceptors (Lipinski definition) is 2. The van der Waals surface area contributed by atoms with Crippen molar-refractivity contribution in [1.82, 2.24) is 0 Å². The second-order valence-corrected chi connectivity index (χ2v) is 15.1. The number of rotatable bonds is 6. The molecule has 0 amide bonds. The molecule has 0 spiro atoms. The van der Waals surface area contributed by atoms with Gasteiger partial charge >= 0.3 is 21.1 Å². The molecule has 6 heteroatoms. The van der Waals surface area contributed by atoms with Crippen molar-refractivity contribution in [2.75, 3.05) is 11.5 Å². The molecule has 0 nitrogen and oxygen atoms in total. The van der Waals surface area contributed by atoms with Crippen molar-refractivity contribution in [2.45, 2.75) is 6.42 Å². The summed E-state index contributed by atoms with van der Waals surface area (Å²) >= 11 is 9.17. The molecule has 6 rings (SSSR count). The van der Waals surface area contributed by atoms with Gasteiger partial charge in [0, 0.05) is 17.1 Å². The van der Waals surface area contributed by atoms with Gasteiger partial charge in [0.2, 0.25) is 0 Å². The minimum absolute atomic E-state index is 0. The maximum Gasteiger partial charge on any atom is 2.00 e. The van der Waals surface area contributed by atoms with Crippen LogP contribution in [-0.4, -0.2) is 22.1 Å². The van der Waals surface area contributed by atoms with Crippen molar-refractivity contribution in [3.63, 3.8) is 0 Å². The van der Waals surface area contributed by atoms with Gasteiger partial charge in [0.1, 0.15) is 0 Å². The van der Waals surface area contributed by atoms with E-state index in [0.717, 1.165) is 17.9 Å². The van der Waals surface area contributed by atoms with E-state index in [4.69, 9.17) is 0 Å². The van der Waals surface area contributed by atoms with Crippen LogP contribution < -0.4 is 21.2 Å². The van der Waals surface area contributed by atoms with E-state index < -0.39 is 15.1 Å². The van der Waals surface area contributed by atoms with Crippen molar-refractivity contribution in [1.29, 1.82) is 0 Å². The summed E-state index contributed by atoms with van der Waals surface area (Å²) in [4.78, 5) is 0. The van der Waals surface area contributed by atoms with E-state index >= 15 is 0 Å². The Balaban J connectivity index is 0.000000250. The van der Waals surface area contributed by atoms with E-state index in [2.05, 4.69) is 197 Å². The van der Waals surface area contributed by atoms with Gasteiger partial charge in [0.05, 0.1) is 0 Å². The SMILES string of the molecule is C1=CC(=[PH](c2ccccc2)c2ccccc2)C=C1.[Fe].[Pt+2].[S-]CCC[S-].c1ccc([PH](=C2[CH-][CH-][CH-][CH-]2)c2ccccc2)cc1. The second kappa shape index (κ2) is 22.4. The van der Waals surface area contributed by atoms with Gasteiger partial charge in [-0.05, 0) is 26.5 Å². The largest absolute Gasteiger partial charge is 2.00 e. The molecule has 0 bridgehead atoms. The predicted molar refractivity (Wildman–Crippen MR) is 196 cm³/mol. The second-order valence-electron chi connectivity index (χ2n) is 9.32. The smallest absolute Gasteiger partial charge is 0.793 e. The van der Waals surface area contributed by atoms with E-state index in [9.17, 15) is 0 Å². The van der Waals surface area contributed by atoms with Crippen molar-refractivity contribution in [3.8, 4) is 0 Å². The Bertz CT molecular complexity index is 1350. The molecule has 0 saturated heterocycles. The van der Waals surface area contributed by atoms with Gasteiger partial charge in [-0.15, -0.1) is 7.55 Å². The Morgan fingerprint density at radius 3 is 1.12 bits per heavy atom. The van der Waals surface area contributed by atoms with Crippen LogP contribution in [-0.2, 0) is 63.4 Å². The third kappa shape index (κ3) is 12.3. The van der Waals surface area contributed by atoms with E-state index in [1.807, 2.05) is 0 Å². The van der Waals surface area contributed by atoms with Crippen molar-refractivity contribution < 1.29 is 38.1 Å². The van der Waals surface area contributed by atoms with Crippen LogP contribution in [0.1, 0.15) is 6.42 Å². The van der Waals surface area contributed by atoms with E-state index in [1.165, 1.54) is 31.8 Å². The Labute approximate surface area is 297 Å². The maximum atomic E-state index is 4.58. The fourth-order valence-corrected chi connectivity index (χ4v) is 10.2. The molecule has 2 aliphatic carbocycles. The summed E-state index contributed by atoms with van der Waals surface area (Å²) in [7, 11) is -1.67. The summed E-state index contributed by atoms with van der Waals surface area (Å²) in [5.41, 5.74) is 0. The van der Waals surface area contributed by atoms with Crippen LogP contribution in [0.2, 0.25) is 0 Å². The molecule has 4 aromatic carbocycles. The monoisotopic (exact) mass is 857 g/mol. The van der Waals surface area contributed by atoms with Crippen LogP contribution in [0.3, 0.4) is 0 Å². The Kier molecular flexibility index (Phi) is 19.8.